The van der Waals surface area contributed by atoms with Gasteiger partial charge in [0.15, 0.2) is 0 Å². The maximum absolute atomic E-state index is 10.9. The highest BCUT2D eigenvalue weighted by Gasteiger charge is 2.16. The van der Waals surface area contributed by atoms with Gasteiger partial charge in [0, 0.05) is 12.8 Å². The number of aryl methyl sites for hydroxylation is 3. The molecule has 20 heavy (non-hydrogen) atoms. The Morgan fingerprint density at radius 3 is 1.65 bits per heavy atom. The summed E-state index contributed by atoms with van der Waals surface area (Å²) in [7, 11) is -4.08. The number of carbonyl (C=O) groups is 2. The molecule has 1 aromatic carbocycles. The topological polar surface area (TPSA) is 101 Å². The average Bonchev–Trinajstić information content (AvgIpc) is 2.59. The Hall–Kier alpha value is -1.73. The van der Waals surface area contributed by atoms with Crippen LogP contribution < -0.4 is 5.32 Å². The van der Waals surface area contributed by atoms with Gasteiger partial charge in [-0.3, -0.25) is 19.5 Å². The molecule has 0 bridgehead atoms. The van der Waals surface area contributed by atoms with Gasteiger partial charge < -0.3 is 0 Å². The van der Waals surface area contributed by atoms with Crippen LogP contribution in [-0.2, 0) is 19.7 Å². The van der Waals surface area contributed by atoms with Gasteiger partial charge in [-0.05, 0) is 31.9 Å². The van der Waals surface area contributed by atoms with Gasteiger partial charge in [-0.25, -0.2) is 0 Å². The maximum Gasteiger partial charge on any atom is 0.295 e. The number of benzene rings is 1. The molecule has 2 rings (SSSR count). The zero-order valence-electron chi connectivity index (χ0n) is 11.6. The third-order valence-electron chi connectivity index (χ3n) is 2.72. The molecule has 1 aliphatic heterocycles. The molecular weight excluding hydrogens is 282 g/mol. The van der Waals surface area contributed by atoms with Crippen molar-refractivity contribution in [3.05, 3.63) is 28.8 Å². The molecule has 6 nitrogen and oxygen atoms in total. The predicted octanol–water partition coefficient (Wildman–Crippen LogP) is 1.28. The summed E-state index contributed by atoms with van der Waals surface area (Å²) in [6, 6.07) is 3.46. The van der Waals surface area contributed by atoms with Crippen LogP contribution in [0.25, 0.3) is 0 Å². The molecule has 0 aromatic heterocycles. The summed E-state index contributed by atoms with van der Waals surface area (Å²) in [6.07, 6.45) is 0.748. The Labute approximate surface area is 117 Å². The van der Waals surface area contributed by atoms with Gasteiger partial charge in [0.1, 0.15) is 0 Å². The van der Waals surface area contributed by atoms with E-state index in [-0.39, 0.29) is 16.7 Å². The summed E-state index contributed by atoms with van der Waals surface area (Å²) in [5, 5.41) is 2.14. The molecule has 0 aliphatic carbocycles. The normalized spacial score (nSPS) is 14.6. The van der Waals surface area contributed by atoms with E-state index in [0.29, 0.717) is 24.0 Å². The molecule has 2 amide bonds. The molecule has 1 heterocycles. The molecule has 0 saturated carbocycles. The SMILES string of the molecule is Cc1cc(C)c(S(=O)(=O)O)c(C)c1.O=C1CCC(=O)N1. The Bertz CT molecular complexity index is 612. The first-order chi connectivity index (χ1) is 9.11. The van der Waals surface area contributed by atoms with Gasteiger partial charge >= 0.3 is 0 Å². The van der Waals surface area contributed by atoms with Crippen LogP contribution in [0, 0.1) is 20.8 Å². The van der Waals surface area contributed by atoms with Gasteiger partial charge in [-0.1, -0.05) is 17.7 Å². The van der Waals surface area contributed by atoms with Crippen LogP contribution in [0.2, 0.25) is 0 Å². The van der Waals surface area contributed by atoms with Gasteiger partial charge in [-0.15, -0.1) is 0 Å². The van der Waals surface area contributed by atoms with Crippen molar-refractivity contribution in [3.8, 4) is 0 Å². The Balaban J connectivity index is 0.000000240. The Kier molecular flexibility index (Phi) is 5.02. The molecule has 1 saturated heterocycles. The van der Waals surface area contributed by atoms with Crippen LogP contribution in [-0.4, -0.2) is 24.8 Å². The highest BCUT2D eigenvalue weighted by Crippen LogP contribution is 2.20. The zero-order chi connectivity index (χ0) is 15.5. The smallest absolute Gasteiger partial charge is 0.295 e. The van der Waals surface area contributed by atoms with Crippen molar-refractivity contribution in [2.75, 3.05) is 0 Å². The van der Waals surface area contributed by atoms with Crippen molar-refractivity contribution in [3.63, 3.8) is 0 Å². The lowest BCUT2D eigenvalue weighted by atomic mass is 10.1. The number of rotatable bonds is 1. The van der Waals surface area contributed by atoms with Crippen LogP contribution in [0.1, 0.15) is 29.5 Å². The summed E-state index contributed by atoms with van der Waals surface area (Å²) in [5.41, 5.74) is 2.16. The van der Waals surface area contributed by atoms with Crippen molar-refractivity contribution in [1.29, 1.82) is 0 Å². The van der Waals surface area contributed by atoms with Crippen molar-refractivity contribution >= 4 is 21.9 Å². The van der Waals surface area contributed by atoms with Crippen LogP contribution in [0.3, 0.4) is 0 Å². The third-order valence-corrected chi connectivity index (χ3v) is 3.88. The summed E-state index contributed by atoms with van der Waals surface area (Å²) in [6.45, 7) is 5.22. The minimum absolute atomic E-state index is 0.0260. The van der Waals surface area contributed by atoms with Crippen LogP contribution in [0.4, 0.5) is 0 Å². The van der Waals surface area contributed by atoms with Crippen LogP contribution in [0.15, 0.2) is 17.0 Å². The Morgan fingerprint density at radius 2 is 1.40 bits per heavy atom. The highest BCUT2D eigenvalue weighted by atomic mass is 32.2. The standard InChI is InChI=1S/C9H12O3S.C4H5NO2/c1-6-4-7(2)9(8(3)5-6)13(10,11)12;6-3-1-2-4(7)5-3/h4-5H,1-3H3,(H,10,11,12);1-2H2,(H,5,6,7). The van der Waals surface area contributed by atoms with Crippen molar-refractivity contribution < 1.29 is 22.6 Å². The van der Waals surface area contributed by atoms with Gasteiger partial charge in [0.05, 0.1) is 4.90 Å². The van der Waals surface area contributed by atoms with E-state index in [1.54, 1.807) is 26.0 Å². The minimum Gasteiger partial charge on any atom is -0.296 e. The van der Waals surface area contributed by atoms with E-state index in [2.05, 4.69) is 5.32 Å². The zero-order valence-corrected chi connectivity index (χ0v) is 12.4. The second-order valence-electron chi connectivity index (χ2n) is 4.67. The molecule has 7 heteroatoms. The van der Waals surface area contributed by atoms with E-state index in [4.69, 9.17) is 4.55 Å². The number of imide groups is 1. The largest absolute Gasteiger partial charge is 0.296 e. The lowest BCUT2D eigenvalue weighted by Gasteiger charge is -2.07. The van der Waals surface area contributed by atoms with Gasteiger partial charge in [0.25, 0.3) is 10.1 Å². The van der Waals surface area contributed by atoms with E-state index < -0.39 is 10.1 Å². The molecule has 1 fully saturated rings. The Morgan fingerprint density at radius 1 is 1.00 bits per heavy atom. The van der Waals surface area contributed by atoms with Gasteiger partial charge in [-0.2, -0.15) is 8.42 Å². The van der Waals surface area contributed by atoms with Gasteiger partial charge in [0.2, 0.25) is 11.8 Å². The fourth-order valence-electron chi connectivity index (χ4n) is 2.08. The first-order valence-electron chi connectivity index (χ1n) is 5.99. The lowest BCUT2D eigenvalue weighted by Crippen LogP contribution is -2.18. The lowest BCUT2D eigenvalue weighted by molar-refractivity contribution is -0.124. The molecule has 0 atom stereocenters. The number of carbonyl (C=O) groups excluding carboxylic acids is 2. The monoisotopic (exact) mass is 299 g/mol. The highest BCUT2D eigenvalue weighted by molar-refractivity contribution is 7.86. The van der Waals surface area contributed by atoms with E-state index in [1.165, 1.54) is 0 Å². The number of nitrogens with one attached hydrogen (secondary N) is 1. The summed E-state index contributed by atoms with van der Waals surface area (Å²) >= 11 is 0. The maximum atomic E-state index is 10.9. The summed E-state index contributed by atoms with van der Waals surface area (Å²) in [4.78, 5) is 20.3. The van der Waals surface area contributed by atoms with E-state index >= 15 is 0 Å². The second kappa shape index (κ2) is 6.15. The number of hydrogen-bond donors (Lipinski definition) is 2. The van der Waals surface area contributed by atoms with Crippen molar-refractivity contribution in [2.45, 2.75) is 38.5 Å². The fourth-order valence-corrected chi connectivity index (χ4v) is 3.01. The van der Waals surface area contributed by atoms with Crippen molar-refractivity contribution in [2.24, 2.45) is 0 Å². The van der Waals surface area contributed by atoms with E-state index in [1.807, 2.05) is 6.92 Å². The second-order valence-corrected chi connectivity index (χ2v) is 6.03. The number of hydrogen-bond acceptors (Lipinski definition) is 4. The first-order valence-corrected chi connectivity index (χ1v) is 7.43. The van der Waals surface area contributed by atoms with Crippen LogP contribution >= 0.6 is 0 Å². The summed E-state index contributed by atoms with van der Waals surface area (Å²) in [5.74, 6) is -0.296. The minimum atomic E-state index is -4.08. The first kappa shape index (κ1) is 16.3. The average molecular weight is 299 g/mol. The molecule has 0 unspecified atom stereocenters. The van der Waals surface area contributed by atoms with E-state index in [0.717, 1.165) is 5.56 Å². The molecular formula is C13H17NO5S. The molecule has 0 spiro atoms. The fraction of sp³-hybridized carbons (Fsp3) is 0.385. The molecule has 1 aromatic rings. The molecule has 1 aliphatic rings. The molecule has 0 radical (unpaired) electrons. The number of amides is 2. The van der Waals surface area contributed by atoms with Crippen LogP contribution in [0.5, 0.6) is 0 Å². The van der Waals surface area contributed by atoms with E-state index in [9.17, 15) is 18.0 Å². The third kappa shape index (κ3) is 4.43. The quantitative estimate of drug-likeness (QED) is 0.601. The molecule has 2 N–H and O–H groups in total. The van der Waals surface area contributed by atoms with Crippen molar-refractivity contribution in [1.82, 2.24) is 5.32 Å². The predicted molar refractivity (Wildman–Crippen MR) is 72.9 cm³/mol. The summed E-state index contributed by atoms with van der Waals surface area (Å²) < 4.78 is 30.8. The molecule has 110 valence electrons.